The highest BCUT2D eigenvalue weighted by atomic mass is 79.9. The van der Waals surface area contributed by atoms with Crippen molar-refractivity contribution in [3.8, 4) is 0 Å². The maximum Gasteiger partial charge on any atom is 0.349 e. The molecule has 1 saturated carbocycles. The van der Waals surface area contributed by atoms with E-state index in [-0.39, 0.29) is 25.0 Å². The highest BCUT2D eigenvalue weighted by molar-refractivity contribution is 9.11. The smallest absolute Gasteiger partial charge is 0.308 e. The number of halogens is 1. The fourth-order valence-electron chi connectivity index (χ4n) is 2.88. The van der Waals surface area contributed by atoms with Crippen LogP contribution in [0.4, 0.5) is 0 Å². The topological polar surface area (TPSA) is 72.9 Å². The molecule has 0 saturated heterocycles. The van der Waals surface area contributed by atoms with Gasteiger partial charge in [-0.25, -0.2) is 0 Å². The summed E-state index contributed by atoms with van der Waals surface area (Å²) in [5.74, 6) is -0.729. The Morgan fingerprint density at radius 3 is 2.09 bits per heavy atom. The lowest BCUT2D eigenvalue weighted by Gasteiger charge is -2.24. The molecule has 6 nitrogen and oxygen atoms in total. The minimum atomic E-state index is -3.48. The molecule has 1 heterocycles. The third kappa shape index (κ3) is 2.41. The van der Waals surface area contributed by atoms with Gasteiger partial charge < -0.3 is 9.05 Å². The van der Waals surface area contributed by atoms with Crippen molar-refractivity contribution in [2.75, 3.05) is 13.2 Å². The number of carbonyl (C=O) groups is 2. The highest BCUT2D eigenvalue weighted by Crippen LogP contribution is 2.75. The van der Waals surface area contributed by atoms with Gasteiger partial charge in [0.15, 0.2) is 0 Å². The maximum absolute atomic E-state index is 13.0. The van der Waals surface area contributed by atoms with Gasteiger partial charge >= 0.3 is 7.60 Å². The first-order chi connectivity index (χ1) is 10.9. The molecule has 1 aliphatic heterocycles. The van der Waals surface area contributed by atoms with Crippen LogP contribution < -0.4 is 0 Å². The Balaban J connectivity index is 1.90. The molecule has 1 aromatic rings. The second kappa shape index (κ2) is 5.81. The van der Waals surface area contributed by atoms with E-state index in [2.05, 4.69) is 15.9 Å². The number of imide groups is 1. The number of alkyl halides is 1. The minimum absolute atomic E-state index is 0.222. The number of amides is 2. The van der Waals surface area contributed by atoms with Crippen LogP contribution in [0.2, 0.25) is 0 Å². The lowest BCUT2D eigenvalue weighted by molar-refractivity contribution is 0.0640. The second-order valence-corrected chi connectivity index (χ2v) is 9.73. The molecule has 0 aromatic heterocycles. The van der Waals surface area contributed by atoms with E-state index in [0.717, 1.165) is 0 Å². The van der Waals surface area contributed by atoms with Crippen molar-refractivity contribution in [1.29, 1.82) is 0 Å². The predicted molar refractivity (Wildman–Crippen MR) is 87.9 cm³/mol. The number of hydrogen-bond acceptors (Lipinski definition) is 5. The van der Waals surface area contributed by atoms with Crippen molar-refractivity contribution >= 4 is 35.3 Å². The largest absolute Gasteiger partial charge is 0.349 e. The van der Waals surface area contributed by atoms with Crippen LogP contribution in [0.15, 0.2) is 24.3 Å². The third-order valence-corrected chi connectivity index (χ3v) is 8.76. The first-order valence-electron chi connectivity index (χ1n) is 7.44. The molecule has 0 N–H and O–H groups in total. The molecule has 1 aliphatic carbocycles. The number of fused-ring (bicyclic) bond motifs is 1. The van der Waals surface area contributed by atoms with Crippen LogP contribution in [-0.2, 0) is 13.6 Å². The van der Waals surface area contributed by atoms with E-state index >= 15 is 0 Å². The Morgan fingerprint density at radius 2 is 1.65 bits per heavy atom. The molecule has 23 heavy (non-hydrogen) atoms. The average molecular weight is 402 g/mol. The van der Waals surface area contributed by atoms with E-state index in [1.165, 1.54) is 4.90 Å². The number of carbonyl (C=O) groups excluding carboxylic acids is 2. The Kier molecular flexibility index (Phi) is 4.25. The fraction of sp³-hybridized carbons (Fsp3) is 0.467. The Bertz CT molecular complexity index is 679. The molecule has 1 fully saturated rings. The molecule has 0 radical (unpaired) electrons. The molecule has 1 aromatic carbocycles. The lowest BCUT2D eigenvalue weighted by Crippen LogP contribution is -2.35. The molecule has 0 spiro atoms. The molecular weight excluding hydrogens is 385 g/mol. The van der Waals surface area contributed by atoms with Crippen LogP contribution in [0, 0.1) is 0 Å². The third-order valence-electron chi connectivity index (χ3n) is 4.02. The summed E-state index contributed by atoms with van der Waals surface area (Å²) in [5.41, 5.74) is 0.754. The molecule has 2 aliphatic rings. The van der Waals surface area contributed by atoms with Crippen LogP contribution in [0.1, 0.15) is 41.0 Å². The summed E-state index contributed by atoms with van der Waals surface area (Å²) in [5, 5.41) is 0. The van der Waals surface area contributed by atoms with E-state index in [0.29, 0.717) is 17.5 Å². The zero-order valence-corrected chi connectivity index (χ0v) is 15.3. The van der Waals surface area contributed by atoms with E-state index < -0.39 is 17.7 Å². The van der Waals surface area contributed by atoms with E-state index in [4.69, 9.17) is 9.05 Å². The summed E-state index contributed by atoms with van der Waals surface area (Å²) in [6, 6.07) is 6.14. The maximum atomic E-state index is 13.0. The van der Waals surface area contributed by atoms with Gasteiger partial charge in [-0.3, -0.25) is 19.1 Å². The molecule has 2 atom stereocenters. The van der Waals surface area contributed by atoms with Crippen molar-refractivity contribution < 1.29 is 23.2 Å². The molecule has 2 amide bonds. The Morgan fingerprint density at radius 1 is 1.17 bits per heavy atom. The molecule has 3 rings (SSSR count). The van der Waals surface area contributed by atoms with Crippen molar-refractivity contribution in [3.05, 3.63) is 35.4 Å². The number of nitrogens with zero attached hydrogens (tertiary/aromatic N) is 1. The summed E-state index contributed by atoms with van der Waals surface area (Å²) in [6.45, 7) is 3.89. The highest BCUT2D eigenvalue weighted by Gasteiger charge is 2.71. The van der Waals surface area contributed by atoms with Crippen LogP contribution >= 0.6 is 23.5 Å². The molecule has 0 unspecified atom stereocenters. The second-order valence-electron chi connectivity index (χ2n) is 5.40. The van der Waals surface area contributed by atoms with Gasteiger partial charge in [-0.2, -0.15) is 0 Å². The van der Waals surface area contributed by atoms with E-state index in [9.17, 15) is 14.2 Å². The van der Waals surface area contributed by atoms with Gasteiger partial charge in [0.2, 0.25) is 0 Å². The van der Waals surface area contributed by atoms with Crippen LogP contribution in [0.3, 0.4) is 0 Å². The fourth-order valence-corrected chi connectivity index (χ4v) is 6.06. The summed E-state index contributed by atoms with van der Waals surface area (Å²) in [4.78, 5) is 26.2. The van der Waals surface area contributed by atoms with Gasteiger partial charge in [0.25, 0.3) is 11.8 Å². The minimum Gasteiger partial charge on any atom is -0.308 e. The van der Waals surface area contributed by atoms with Crippen molar-refractivity contribution in [3.63, 3.8) is 0 Å². The van der Waals surface area contributed by atoms with Crippen molar-refractivity contribution in [2.45, 2.75) is 30.4 Å². The summed E-state index contributed by atoms with van der Waals surface area (Å²) in [7, 11) is -3.48. The number of rotatable bonds is 6. The number of hydrogen-bond donors (Lipinski definition) is 0. The zero-order valence-electron chi connectivity index (χ0n) is 12.8. The first kappa shape index (κ1) is 16.8. The zero-order chi connectivity index (χ0) is 16.8. The lowest BCUT2D eigenvalue weighted by atomic mass is 10.1. The van der Waals surface area contributed by atoms with E-state index in [1.807, 2.05) is 0 Å². The normalized spacial score (nSPS) is 26.6. The average Bonchev–Trinajstić information content (AvgIpc) is 3.14. The summed E-state index contributed by atoms with van der Waals surface area (Å²) < 4.78 is 22.7. The Hall–Kier alpha value is -1.01. The molecule has 124 valence electrons. The van der Waals surface area contributed by atoms with Gasteiger partial charge in [-0.15, -0.1) is 0 Å². The SMILES string of the molecule is CCOP(=O)(OCC)[C@@]1(Br)C[C@@H]1N1C(=O)c2ccccc2C1=O. The van der Waals surface area contributed by atoms with Gasteiger partial charge in [0.05, 0.1) is 30.4 Å². The molecular formula is C15H17BrNO5P. The van der Waals surface area contributed by atoms with Gasteiger partial charge in [-0.05, 0) is 32.4 Å². The van der Waals surface area contributed by atoms with Crippen LogP contribution in [0.25, 0.3) is 0 Å². The quantitative estimate of drug-likeness (QED) is 0.414. The summed E-state index contributed by atoms with van der Waals surface area (Å²) >= 11 is 3.43. The number of benzene rings is 1. The standard InChI is InChI=1S/C15H17BrNO5P/c1-3-21-23(20,22-4-2)15(16)9-12(15)17-13(18)10-7-5-6-8-11(10)14(17)19/h5-8,12H,3-4,9H2,1-2H3/t12-,15-/m0/s1. The molecule has 8 heteroatoms. The van der Waals surface area contributed by atoms with Crippen LogP contribution in [-0.4, -0.2) is 40.0 Å². The first-order valence-corrected chi connectivity index (χ1v) is 9.78. The van der Waals surface area contributed by atoms with Crippen LogP contribution in [0.5, 0.6) is 0 Å². The summed E-state index contributed by atoms with van der Waals surface area (Å²) in [6.07, 6.45) is 0.343. The predicted octanol–water partition coefficient (Wildman–Crippen LogP) is 3.41. The van der Waals surface area contributed by atoms with Crippen molar-refractivity contribution in [2.24, 2.45) is 0 Å². The molecule has 0 bridgehead atoms. The van der Waals surface area contributed by atoms with Gasteiger partial charge in [-0.1, -0.05) is 28.1 Å². The monoisotopic (exact) mass is 401 g/mol. The van der Waals surface area contributed by atoms with Gasteiger partial charge in [0.1, 0.15) is 4.07 Å². The van der Waals surface area contributed by atoms with E-state index in [1.54, 1.807) is 38.1 Å². The Labute approximate surface area is 142 Å². The van der Waals surface area contributed by atoms with Gasteiger partial charge in [0, 0.05) is 0 Å². The van der Waals surface area contributed by atoms with Crippen molar-refractivity contribution in [1.82, 2.24) is 4.90 Å².